The van der Waals surface area contributed by atoms with Crippen molar-refractivity contribution in [3.05, 3.63) is 46.0 Å². The van der Waals surface area contributed by atoms with Gasteiger partial charge in [-0.15, -0.1) is 11.3 Å². The van der Waals surface area contributed by atoms with Gasteiger partial charge in [0, 0.05) is 16.0 Å². The van der Waals surface area contributed by atoms with Gasteiger partial charge in [-0.25, -0.2) is 4.98 Å². The Morgan fingerprint density at radius 3 is 2.81 bits per heavy atom. The summed E-state index contributed by atoms with van der Waals surface area (Å²) in [5, 5.41) is 1.22. The number of nitrogens with zero attached hydrogens (tertiary/aromatic N) is 1. The fourth-order valence-corrected chi connectivity index (χ4v) is 5.29. The smallest absolute Gasteiger partial charge is 0.310 e. The van der Waals surface area contributed by atoms with Gasteiger partial charge in [0.05, 0.1) is 20.6 Å². The third-order valence-corrected chi connectivity index (χ3v) is 6.50. The molecule has 2 aromatic heterocycles. The quantitative estimate of drug-likeness (QED) is 0.605. The fourth-order valence-electron chi connectivity index (χ4n) is 3.97. The van der Waals surface area contributed by atoms with E-state index in [1.807, 2.05) is 36.5 Å². The number of hydrogen-bond acceptors (Lipinski definition) is 5. The second-order valence-corrected chi connectivity index (χ2v) is 8.01. The van der Waals surface area contributed by atoms with Crippen LogP contribution in [0.5, 0.6) is 5.75 Å². The molecule has 1 aliphatic carbocycles. The normalized spacial score (nSPS) is 13.4. The second kappa shape index (κ2) is 7.31. The summed E-state index contributed by atoms with van der Waals surface area (Å²) in [4.78, 5) is 19.5. The Bertz CT molecular complexity index is 1020. The predicted octanol–water partition coefficient (Wildman–Crippen LogP) is 4.87. The molecular formula is C22H23NO3S. The molecule has 2 heterocycles. The van der Waals surface area contributed by atoms with Crippen molar-refractivity contribution in [3.8, 4) is 16.9 Å². The average molecular weight is 381 g/mol. The molecule has 5 heteroatoms. The summed E-state index contributed by atoms with van der Waals surface area (Å²) in [5.41, 5.74) is 5.44. The van der Waals surface area contributed by atoms with E-state index in [1.54, 1.807) is 7.11 Å². The van der Waals surface area contributed by atoms with E-state index >= 15 is 0 Å². The van der Waals surface area contributed by atoms with Crippen LogP contribution < -0.4 is 4.74 Å². The van der Waals surface area contributed by atoms with Gasteiger partial charge in [0.15, 0.2) is 0 Å². The highest BCUT2D eigenvalue weighted by Gasteiger charge is 2.24. The number of rotatable bonds is 4. The molecule has 140 valence electrons. The van der Waals surface area contributed by atoms with E-state index in [0.717, 1.165) is 45.8 Å². The van der Waals surface area contributed by atoms with Crippen LogP contribution in [0.4, 0.5) is 0 Å². The zero-order valence-corrected chi connectivity index (χ0v) is 16.7. The highest BCUT2D eigenvalue weighted by Crippen LogP contribution is 2.43. The van der Waals surface area contributed by atoms with Gasteiger partial charge in [-0.3, -0.25) is 4.79 Å². The van der Waals surface area contributed by atoms with Crippen molar-refractivity contribution < 1.29 is 14.3 Å². The molecule has 0 bridgehead atoms. The molecule has 0 radical (unpaired) electrons. The Morgan fingerprint density at radius 2 is 2.04 bits per heavy atom. The third-order valence-electron chi connectivity index (χ3n) is 5.32. The van der Waals surface area contributed by atoms with Crippen molar-refractivity contribution >= 4 is 27.5 Å². The fraction of sp³-hybridized carbons (Fsp3) is 0.364. The number of aryl methyl sites for hydroxylation is 3. The van der Waals surface area contributed by atoms with Crippen molar-refractivity contribution in [1.29, 1.82) is 0 Å². The molecule has 3 aromatic rings. The molecule has 0 fully saturated rings. The molecule has 0 atom stereocenters. The SMILES string of the molecule is COC(=O)Cc1c(C)nc2sc3c(c2c1-c1cccc(OC)c1)CCCC3. The summed E-state index contributed by atoms with van der Waals surface area (Å²) >= 11 is 1.81. The molecule has 0 saturated heterocycles. The number of benzene rings is 1. The molecule has 4 rings (SSSR count). The van der Waals surface area contributed by atoms with Gasteiger partial charge in [0.2, 0.25) is 0 Å². The van der Waals surface area contributed by atoms with Gasteiger partial charge >= 0.3 is 5.97 Å². The van der Waals surface area contributed by atoms with E-state index in [2.05, 4.69) is 6.07 Å². The topological polar surface area (TPSA) is 48.4 Å². The van der Waals surface area contributed by atoms with Crippen LogP contribution in [0.3, 0.4) is 0 Å². The standard InChI is InChI=1S/C22H23NO3S/c1-13-17(12-19(24)26-3)20(14-7-6-8-15(11-14)25-2)21-16-9-4-5-10-18(16)27-22(21)23-13/h6-8,11H,4-5,9-10,12H2,1-3H3. The number of thiophene rings is 1. The molecule has 0 amide bonds. The van der Waals surface area contributed by atoms with E-state index in [4.69, 9.17) is 14.5 Å². The number of ether oxygens (including phenoxy) is 2. The maximum Gasteiger partial charge on any atom is 0.310 e. The third kappa shape index (κ3) is 3.21. The minimum absolute atomic E-state index is 0.225. The molecular weight excluding hydrogens is 358 g/mol. The largest absolute Gasteiger partial charge is 0.497 e. The highest BCUT2D eigenvalue weighted by atomic mass is 32.1. The molecule has 0 N–H and O–H groups in total. The first kappa shape index (κ1) is 18.0. The lowest BCUT2D eigenvalue weighted by atomic mass is 9.89. The first-order valence-electron chi connectivity index (χ1n) is 9.27. The van der Waals surface area contributed by atoms with Crippen LogP contribution in [-0.4, -0.2) is 25.2 Å². The van der Waals surface area contributed by atoms with Crippen LogP contribution in [0.25, 0.3) is 21.3 Å². The Labute approximate surface area is 163 Å². The van der Waals surface area contributed by atoms with Gasteiger partial charge in [0.25, 0.3) is 0 Å². The predicted molar refractivity (Wildman–Crippen MR) is 109 cm³/mol. The maximum absolute atomic E-state index is 12.1. The Morgan fingerprint density at radius 1 is 1.22 bits per heavy atom. The summed E-state index contributed by atoms with van der Waals surface area (Å²) in [6, 6.07) is 8.07. The van der Waals surface area contributed by atoms with Gasteiger partial charge in [0.1, 0.15) is 10.6 Å². The number of esters is 1. The van der Waals surface area contributed by atoms with Crippen molar-refractivity contribution in [2.24, 2.45) is 0 Å². The van der Waals surface area contributed by atoms with Crippen LogP contribution in [0.2, 0.25) is 0 Å². The van der Waals surface area contributed by atoms with Crippen LogP contribution in [0.1, 0.15) is 34.5 Å². The minimum Gasteiger partial charge on any atom is -0.497 e. The zero-order chi connectivity index (χ0) is 19.0. The number of methoxy groups -OCH3 is 2. The van der Waals surface area contributed by atoms with Crippen LogP contribution >= 0.6 is 11.3 Å². The van der Waals surface area contributed by atoms with E-state index < -0.39 is 0 Å². The molecule has 0 spiro atoms. The Kier molecular flexibility index (Phi) is 4.87. The van der Waals surface area contributed by atoms with Crippen molar-refractivity contribution in [1.82, 2.24) is 4.98 Å². The van der Waals surface area contributed by atoms with Gasteiger partial charge in [-0.1, -0.05) is 12.1 Å². The van der Waals surface area contributed by atoms with Gasteiger partial charge in [-0.05, 0) is 67.0 Å². The molecule has 0 saturated carbocycles. The van der Waals surface area contributed by atoms with Crippen molar-refractivity contribution in [2.75, 3.05) is 14.2 Å². The summed E-state index contributed by atoms with van der Waals surface area (Å²) in [6.07, 6.45) is 4.87. The summed E-state index contributed by atoms with van der Waals surface area (Å²) in [7, 11) is 3.11. The highest BCUT2D eigenvalue weighted by molar-refractivity contribution is 7.19. The van der Waals surface area contributed by atoms with Crippen LogP contribution in [-0.2, 0) is 28.8 Å². The summed E-state index contributed by atoms with van der Waals surface area (Å²) in [6.45, 7) is 1.99. The maximum atomic E-state index is 12.1. The van der Waals surface area contributed by atoms with Crippen molar-refractivity contribution in [2.45, 2.75) is 39.0 Å². The Balaban J connectivity index is 2.05. The van der Waals surface area contributed by atoms with Crippen LogP contribution in [0.15, 0.2) is 24.3 Å². The molecule has 1 aromatic carbocycles. The van der Waals surface area contributed by atoms with Gasteiger partial charge in [-0.2, -0.15) is 0 Å². The lowest BCUT2D eigenvalue weighted by molar-refractivity contribution is -0.139. The number of hydrogen-bond donors (Lipinski definition) is 0. The summed E-state index contributed by atoms with van der Waals surface area (Å²) in [5.74, 6) is 0.565. The second-order valence-electron chi connectivity index (χ2n) is 6.93. The number of pyridine rings is 1. The first-order chi connectivity index (χ1) is 13.1. The monoisotopic (exact) mass is 381 g/mol. The van der Waals surface area contributed by atoms with E-state index in [9.17, 15) is 4.79 Å². The number of fused-ring (bicyclic) bond motifs is 3. The minimum atomic E-state index is -0.243. The Hall–Kier alpha value is -2.40. The molecule has 27 heavy (non-hydrogen) atoms. The molecule has 4 nitrogen and oxygen atoms in total. The lowest BCUT2D eigenvalue weighted by Crippen LogP contribution is -2.09. The number of carbonyl (C=O) groups is 1. The van der Waals surface area contributed by atoms with E-state index in [1.165, 1.54) is 35.8 Å². The molecule has 1 aliphatic rings. The van der Waals surface area contributed by atoms with E-state index in [-0.39, 0.29) is 12.4 Å². The zero-order valence-electron chi connectivity index (χ0n) is 15.9. The summed E-state index contributed by atoms with van der Waals surface area (Å²) < 4.78 is 10.4. The number of aromatic nitrogens is 1. The van der Waals surface area contributed by atoms with Crippen molar-refractivity contribution in [3.63, 3.8) is 0 Å². The van der Waals surface area contributed by atoms with Crippen LogP contribution in [0, 0.1) is 6.92 Å². The van der Waals surface area contributed by atoms with E-state index in [0.29, 0.717) is 0 Å². The lowest BCUT2D eigenvalue weighted by Gasteiger charge is -2.17. The first-order valence-corrected chi connectivity index (χ1v) is 10.1. The molecule has 0 aliphatic heterocycles. The average Bonchev–Trinajstić information content (AvgIpc) is 3.06. The molecule has 0 unspecified atom stereocenters. The number of carbonyl (C=O) groups excluding carboxylic acids is 1. The van der Waals surface area contributed by atoms with Gasteiger partial charge < -0.3 is 9.47 Å².